The van der Waals surface area contributed by atoms with E-state index in [0.717, 1.165) is 44.7 Å². The van der Waals surface area contributed by atoms with Crippen LogP contribution in [0.25, 0.3) is 27.7 Å². The highest BCUT2D eigenvalue weighted by Crippen LogP contribution is 2.30. The molecule has 0 spiro atoms. The van der Waals surface area contributed by atoms with Crippen molar-refractivity contribution in [2.75, 3.05) is 12.4 Å². The van der Waals surface area contributed by atoms with Gasteiger partial charge in [-0.3, -0.25) is 4.68 Å². The summed E-state index contributed by atoms with van der Waals surface area (Å²) in [6.07, 6.45) is 9.36. The van der Waals surface area contributed by atoms with Gasteiger partial charge in [-0.1, -0.05) is 0 Å². The predicted octanol–water partition coefficient (Wildman–Crippen LogP) is 3.23. The van der Waals surface area contributed by atoms with Gasteiger partial charge in [0.2, 0.25) is 0 Å². The van der Waals surface area contributed by atoms with E-state index in [9.17, 15) is 0 Å². The van der Waals surface area contributed by atoms with Gasteiger partial charge in [-0.05, 0) is 24.3 Å². The number of rotatable bonds is 5. The molecule has 8 heteroatoms. The van der Waals surface area contributed by atoms with Gasteiger partial charge < -0.3 is 15.0 Å². The van der Waals surface area contributed by atoms with Crippen LogP contribution in [0.3, 0.4) is 0 Å². The number of nitrogens with zero attached hydrogens (tertiary/aromatic N) is 5. The molecule has 0 aliphatic rings. The Labute approximate surface area is 160 Å². The minimum atomic E-state index is 0.627. The number of pyridine rings is 1. The second kappa shape index (κ2) is 6.41. The zero-order chi connectivity index (χ0) is 19.1. The number of fused-ring (bicyclic) bond motifs is 2. The third-order valence-electron chi connectivity index (χ3n) is 4.82. The molecule has 0 aliphatic carbocycles. The quantitative estimate of drug-likeness (QED) is 0.494. The molecule has 140 valence electrons. The van der Waals surface area contributed by atoms with Gasteiger partial charge in [0, 0.05) is 48.4 Å². The molecule has 8 nitrogen and oxygen atoms in total. The second-order valence-electron chi connectivity index (χ2n) is 6.65. The Morgan fingerprint density at radius 1 is 1.11 bits per heavy atom. The van der Waals surface area contributed by atoms with Crippen molar-refractivity contribution < 1.29 is 4.74 Å². The highest BCUT2D eigenvalue weighted by molar-refractivity contribution is 5.79. The third kappa shape index (κ3) is 2.75. The smallest absolute Gasteiger partial charge is 0.145 e. The van der Waals surface area contributed by atoms with Crippen molar-refractivity contribution in [1.82, 2.24) is 29.4 Å². The molecule has 0 unspecified atom stereocenters. The van der Waals surface area contributed by atoms with Gasteiger partial charge in [0.25, 0.3) is 0 Å². The Kier molecular flexibility index (Phi) is 3.75. The number of hydrogen-bond donors (Lipinski definition) is 2. The molecular formula is C20H19N7O. The SMILES string of the molecule is COc1cc(-c2cnn(C)c2)cn2ncc(CNc3ccc4[nH]cnc4c3)c12. The van der Waals surface area contributed by atoms with E-state index < -0.39 is 0 Å². The van der Waals surface area contributed by atoms with Crippen molar-refractivity contribution in [2.45, 2.75) is 6.54 Å². The molecule has 0 aliphatic heterocycles. The normalized spacial score (nSPS) is 11.4. The molecule has 4 heterocycles. The van der Waals surface area contributed by atoms with Crippen LogP contribution in [0, 0.1) is 0 Å². The van der Waals surface area contributed by atoms with E-state index >= 15 is 0 Å². The lowest BCUT2D eigenvalue weighted by Gasteiger charge is -2.09. The minimum Gasteiger partial charge on any atom is -0.494 e. The van der Waals surface area contributed by atoms with Crippen molar-refractivity contribution >= 4 is 22.2 Å². The fourth-order valence-electron chi connectivity index (χ4n) is 3.40. The van der Waals surface area contributed by atoms with Gasteiger partial charge in [-0.15, -0.1) is 0 Å². The maximum Gasteiger partial charge on any atom is 0.145 e. The number of ether oxygens (including phenoxy) is 1. The highest BCUT2D eigenvalue weighted by Gasteiger charge is 2.13. The van der Waals surface area contributed by atoms with E-state index in [-0.39, 0.29) is 0 Å². The van der Waals surface area contributed by atoms with E-state index in [2.05, 4.69) is 25.5 Å². The molecule has 5 aromatic rings. The molecule has 0 amide bonds. The van der Waals surface area contributed by atoms with E-state index in [1.54, 1.807) is 18.1 Å². The van der Waals surface area contributed by atoms with E-state index in [1.165, 1.54) is 0 Å². The monoisotopic (exact) mass is 373 g/mol. The zero-order valence-corrected chi connectivity index (χ0v) is 15.5. The molecule has 0 fully saturated rings. The molecule has 4 aromatic heterocycles. The number of methoxy groups -OCH3 is 1. The highest BCUT2D eigenvalue weighted by atomic mass is 16.5. The molecular weight excluding hydrogens is 354 g/mol. The number of nitrogens with one attached hydrogen (secondary N) is 2. The largest absolute Gasteiger partial charge is 0.494 e. The summed E-state index contributed by atoms with van der Waals surface area (Å²) in [4.78, 5) is 7.40. The van der Waals surface area contributed by atoms with Crippen molar-refractivity contribution in [3.63, 3.8) is 0 Å². The Morgan fingerprint density at radius 3 is 2.86 bits per heavy atom. The summed E-state index contributed by atoms with van der Waals surface area (Å²) in [5, 5.41) is 12.2. The Balaban J connectivity index is 1.47. The summed E-state index contributed by atoms with van der Waals surface area (Å²) in [5.41, 5.74) is 6.98. The first kappa shape index (κ1) is 16.4. The van der Waals surface area contributed by atoms with Crippen molar-refractivity contribution in [3.05, 3.63) is 60.9 Å². The van der Waals surface area contributed by atoms with E-state index in [4.69, 9.17) is 4.74 Å². The number of H-pyrrole nitrogens is 1. The van der Waals surface area contributed by atoms with Crippen LogP contribution in [0.15, 0.2) is 55.4 Å². The van der Waals surface area contributed by atoms with Crippen LogP contribution in [0.4, 0.5) is 5.69 Å². The maximum atomic E-state index is 5.66. The number of anilines is 1. The van der Waals surface area contributed by atoms with Crippen LogP contribution in [0.1, 0.15) is 5.56 Å². The first-order valence-corrected chi connectivity index (χ1v) is 8.91. The molecule has 0 atom stereocenters. The predicted molar refractivity (Wildman–Crippen MR) is 107 cm³/mol. The van der Waals surface area contributed by atoms with Crippen LogP contribution in [-0.2, 0) is 13.6 Å². The zero-order valence-electron chi connectivity index (χ0n) is 15.5. The van der Waals surface area contributed by atoms with Gasteiger partial charge in [-0.2, -0.15) is 10.2 Å². The standard InChI is InChI=1S/C20H19N7O/c1-26-10-15(9-24-26)13-5-19(28-2)20-14(8-25-27(20)11-13)7-21-16-3-4-17-18(6-16)23-12-22-17/h3-6,8-12,21H,7H2,1-2H3,(H,22,23). The lowest BCUT2D eigenvalue weighted by molar-refractivity contribution is 0.417. The number of aromatic nitrogens is 6. The number of hydrogen-bond acceptors (Lipinski definition) is 5. The van der Waals surface area contributed by atoms with Gasteiger partial charge >= 0.3 is 0 Å². The Bertz CT molecular complexity index is 1280. The molecule has 0 radical (unpaired) electrons. The minimum absolute atomic E-state index is 0.627. The second-order valence-corrected chi connectivity index (χ2v) is 6.65. The lowest BCUT2D eigenvalue weighted by Crippen LogP contribution is -2.00. The number of aryl methyl sites for hydroxylation is 1. The fraction of sp³-hybridized carbons (Fsp3) is 0.150. The molecule has 2 N–H and O–H groups in total. The van der Waals surface area contributed by atoms with Crippen molar-refractivity contribution in [2.24, 2.45) is 7.05 Å². The third-order valence-corrected chi connectivity index (χ3v) is 4.82. The van der Waals surface area contributed by atoms with Crippen LogP contribution in [0.2, 0.25) is 0 Å². The summed E-state index contributed by atoms with van der Waals surface area (Å²) >= 11 is 0. The van der Waals surface area contributed by atoms with Crippen molar-refractivity contribution in [1.29, 1.82) is 0 Å². The van der Waals surface area contributed by atoms with Crippen LogP contribution < -0.4 is 10.1 Å². The molecule has 1 aromatic carbocycles. The average Bonchev–Trinajstić information content (AvgIpc) is 3.44. The summed E-state index contributed by atoms with van der Waals surface area (Å²) < 4.78 is 9.30. The average molecular weight is 373 g/mol. The molecule has 28 heavy (non-hydrogen) atoms. The number of aromatic amines is 1. The van der Waals surface area contributed by atoms with Gasteiger partial charge in [0.05, 0.1) is 36.9 Å². The van der Waals surface area contributed by atoms with Crippen LogP contribution >= 0.6 is 0 Å². The van der Waals surface area contributed by atoms with Crippen LogP contribution in [0.5, 0.6) is 5.75 Å². The van der Waals surface area contributed by atoms with Gasteiger partial charge in [0.1, 0.15) is 11.3 Å². The maximum absolute atomic E-state index is 5.66. The lowest BCUT2D eigenvalue weighted by atomic mass is 10.1. The first-order valence-electron chi connectivity index (χ1n) is 8.91. The van der Waals surface area contributed by atoms with Gasteiger partial charge in [0.15, 0.2) is 0 Å². The van der Waals surface area contributed by atoms with E-state index in [0.29, 0.717) is 6.54 Å². The summed E-state index contributed by atoms with van der Waals surface area (Å²) in [6, 6.07) is 8.09. The van der Waals surface area contributed by atoms with E-state index in [1.807, 2.05) is 60.6 Å². The number of imidazole rings is 1. The van der Waals surface area contributed by atoms with Crippen molar-refractivity contribution in [3.8, 4) is 16.9 Å². The fourth-order valence-corrected chi connectivity index (χ4v) is 3.40. The van der Waals surface area contributed by atoms with Gasteiger partial charge in [-0.25, -0.2) is 9.50 Å². The topological polar surface area (TPSA) is 85.1 Å². The number of benzene rings is 1. The molecule has 0 saturated carbocycles. The Hall–Kier alpha value is -3.81. The molecule has 0 bridgehead atoms. The summed E-state index contributed by atoms with van der Waals surface area (Å²) in [5.74, 6) is 0.776. The Morgan fingerprint density at radius 2 is 2.04 bits per heavy atom. The van der Waals surface area contributed by atoms with Crippen LogP contribution in [-0.4, -0.2) is 36.5 Å². The molecule has 0 saturated heterocycles. The molecule has 5 rings (SSSR count). The summed E-state index contributed by atoms with van der Waals surface area (Å²) in [6.45, 7) is 0.627. The summed E-state index contributed by atoms with van der Waals surface area (Å²) in [7, 11) is 3.58. The first-order chi connectivity index (χ1) is 13.7.